The number of fused-ring (bicyclic) bond motifs is 14. The molecule has 0 saturated carbocycles. The zero-order chi connectivity index (χ0) is 60.5. The average Bonchev–Trinajstić information content (AvgIpc) is 1.76. The second kappa shape index (κ2) is 27.3. The molecule has 0 spiro atoms. The minimum Gasteiger partial charge on any atom is -0.492 e. The Morgan fingerprint density at radius 2 is 0.809 bits per heavy atom. The van der Waals surface area contributed by atoms with Crippen molar-refractivity contribution in [3.05, 3.63) is 100 Å². The van der Waals surface area contributed by atoms with Crippen LogP contribution in [0.5, 0.6) is 5.75 Å². The Hall–Kier alpha value is -5.58. The van der Waals surface area contributed by atoms with Crippen LogP contribution in [0.1, 0.15) is 178 Å². The topological polar surface area (TPSA) is 70.7 Å². The van der Waals surface area contributed by atoms with E-state index in [0.717, 1.165) is 103 Å². The van der Waals surface area contributed by atoms with Gasteiger partial charge in [-0.2, -0.15) is 8.75 Å². The lowest BCUT2D eigenvalue weighted by Crippen LogP contribution is -1.97. The molecule has 0 aliphatic rings. The lowest BCUT2D eigenvalue weighted by Gasteiger charge is -2.14. The first kappa shape index (κ1) is 61.0. The SMILES string of the molecule is CCCCCCOc1cc(-c2c3nsnc3c(-c3cc(C)c(-c4cc5c(s4)c4sc(CCCCCC)cc4n5CCCCCC)s3)c3nc4c5ccccc5c5ccccc5c4nc23)sc1-c1cc2c(s1)c1sc(CCCCCC)cc1n2CCCCCC. The van der Waals surface area contributed by atoms with Gasteiger partial charge in [-0.05, 0) is 105 Å². The zero-order valence-corrected chi connectivity index (χ0v) is 58.4. The van der Waals surface area contributed by atoms with Gasteiger partial charge in [-0.15, -0.1) is 68.0 Å². The molecule has 0 bridgehead atoms. The first-order valence-corrected chi connectivity index (χ1v) is 39.2. The Bertz CT molecular complexity index is 4820. The fourth-order valence-electron chi connectivity index (χ4n) is 13.7. The first-order valence-electron chi connectivity index (χ1n) is 33.5. The molecule has 0 atom stereocenters. The minimum atomic E-state index is 0.671. The van der Waals surface area contributed by atoms with Gasteiger partial charge in [0.1, 0.15) is 27.8 Å². The molecular formula is C75H82N6OS7. The van der Waals surface area contributed by atoms with E-state index >= 15 is 0 Å². The molecule has 0 aliphatic carbocycles. The summed E-state index contributed by atoms with van der Waals surface area (Å²) >= 11 is 13.0. The van der Waals surface area contributed by atoms with Gasteiger partial charge in [0.05, 0.1) is 80.0 Å². The van der Waals surface area contributed by atoms with Gasteiger partial charge in [-0.3, -0.25) is 0 Å². The van der Waals surface area contributed by atoms with E-state index in [4.69, 9.17) is 23.5 Å². The Morgan fingerprint density at radius 3 is 1.31 bits per heavy atom. The minimum absolute atomic E-state index is 0.671. The van der Waals surface area contributed by atoms with Crippen molar-refractivity contribution < 1.29 is 4.74 Å². The van der Waals surface area contributed by atoms with Crippen molar-refractivity contribution in [2.75, 3.05) is 6.61 Å². The van der Waals surface area contributed by atoms with Crippen LogP contribution < -0.4 is 4.74 Å². The number of ether oxygens (including phenoxy) is 1. The van der Waals surface area contributed by atoms with Crippen LogP contribution in [0, 0.1) is 6.92 Å². The van der Waals surface area contributed by atoms with Crippen molar-refractivity contribution in [1.29, 1.82) is 0 Å². The number of benzene rings is 4. The molecule has 0 amide bonds. The molecule has 7 nitrogen and oxygen atoms in total. The highest BCUT2D eigenvalue weighted by Crippen LogP contribution is 2.55. The van der Waals surface area contributed by atoms with E-state index in [-0.39, 0.29) is 0 Å². The average molecular weight is 1310 g/mol. The van der Waals surface area contributed by atoms with E-state index in [1.807, 2.05) is 68.0 Å². The van der Waals surface area contributed by atoms with Crippen molar-refractivity contribution >= 4 is 175 Å². The molecule has 4 aromatic carbocycles. The fourth-order valence-corrected chi connectivity index (χ4v) is 21.9. The smallest absolute Gasteiger partial charge is 0.139 e. The van der Waals surface area contributed by atoms with Gasteiger partial charge in [0.15, 0.2) is 0 Å². The number of hydrogen-bond donors (Lipinski definition) is 0. The van der Waals surface area contributed by atoms with Gasteiger partial charge >= 0.3 is 0 Å². The van der Waals surface area contributed by atoms with Crippen molar-refractivity contribution in [3.8, 4) is 46.1 Å². The highest BCUT2D eigenvalue weighted by molar-refractivity contribution is 7.32. The quantitative estimate of drug-likeness (QED) is 0.0255. The lowest BCUT2D eigenvalue weighted by atomic mass is 9.97. The van der Waals surface area contributed by atoms with Crippen LogP contribution in [0.25, 0.3) is 136 Å². The van der Waals surface area contributed by atoms with Gasteiger partial charge in [0.2, 0.25) is 0 Å². The number of aromatic nitrogens is 6. The molecule has 10 heterocycles. The number of thiophene rings is 6. The highest BCUT2D eigenvalue weighted by atomic mass is 32.1. The molecule has 0 unspecified atom stereocenters. The Morgan fingerprint density at radius 1 is 0.382 bits per heavy atom. The Balaban J connectivity index is 0.948. The maximum Gasteiger partial charge on any atom is 0.139 e. The van der Waals surface area contributed by atoms with Gasteiger partial charge in [-0.1, -0.05) is 179 Å². The molecule has 0 saturated heterocycles. The van der Waals surface area contributed by atoms with E-state index in [2.05, 4.69) is 136 Å². The molecule has 0 fully saturated rings. The third-order valence-corrected chi connectivity index (χ3v) is 26.6. The predicted octanol–water partition coefficient (Wildman–Crippen LogP) is 26.0. The van der Waals surface area contributed by atoms with Crippen molar-refractivity contribution in [1.82, 2.24) is 27.8 Å². The summed E-state index contributed by atoms with van der Waals surface area (Å²) in [5, 5.41) is 4.57. The van der Waals surface area contributed by atoms with E-state index < -0.39 is 0 Å². The molecule has 14 aromatic rings. The molecule has 14 rings (SSSR count). The molecule has 0 N–H and O–H groups in total. The largest absolute Gasteiger partial charge is 0.492 e. The normalized spacial score (nSPS) is 12.4. The highest BCUT2D eigenvalue weighted by Gasteiger charge is 2.30. The van der Waals surface area contributed by atoms with Crippen molar-refractivity contribution in [2.24, 2.45) is 0 Å². The van der Waals surface area contributed by atoms with E-state index in [1.165, 1.54) is 220 Å². The molecule has 460 valence electrons. The van der Waals surface area contributed by atoms with Crippen LogP contribution in [0.4, 0.5) is 0 Å². The second-order valence-corrected chi connectivity index (χ2v) is 31.8. The maximum absolute atomic E-state index is 7.07. The maximum atomic E-state index is 7.07. The van der Waals surface area contributed by atoms with E-state index in [1.54, 1.807) is 0 Å². The summed E-state index contributed by atoms with van der Waals surface area (Å²) in [5.41, 5.74) is 14.2. The summed E-state index contributed by atoms with van der Waals surface area (Å²) in [5.74, 6) is 0.941. The molecule has 0 aliphatic heterocycles. The lowest BCUT2D eigenvalue weighted by molar-refractivity contribution is 0.307. The summed E-state index contributed by atoms with van der Waals surface area (Å²) in [4.78, 5) is 22.3. The van der Waals surface area contributed by atoms with Crippen LogP contribution in [-0.4, -0.2) is 34.5 Å². The fraction of sp³-hybridized carbons (Fsp3) is 0.413. The Labute approximate surface area is 552 Å². The first-order chi connectivity index (χ1) is 43.9. The van der Waals surface area contributed by atoms with Crippen LogP contribution >= 0.6 is 79.7 Å². The molecule has 0 radical (unpaired) electrons. The zero-order valence-electron chi connectivity index (χ0n) is 52.7. The summed E-state index contributed by atoms with van der Waals surface area (Å²) in [6.07, 6.45) is 27.1. The number of nitrogens with zero attached hydrogens (tertiary/aromatic N) is 6. The van der Waals surface area contributed by atoms with E-state index in [9.17, 15) is 0 Å². The monoisotopic (exact) mass is 1310 g/mol. The van der Waals surface area contributed by atoms with Crippen LogP contribution in [0.3, 0.4) is 0 Å². The molecular weight excluding hydrogens is 1230 g/mol. The van der Waals surface area contributed by atoms with E-state index in [0.29, 0.717) is 6.61 Å². The second-order valence-electron chi connectivity index (χ2n) is 24.8. The van der Waals surface area contributed by atoms with Gasteiger partial charge in [-0.25, -0.2) is 9.97 Å². The van der Waals surface area contributed by atoms with Crippen LogP contribution in [0.15, 0.2) is 84.9 Å². The predicted molar refractivity (Wildman–Crippen MR) is 396 cm³/mol. The van der Waals surface area contributed by atoms with Gasteiger partial charge in [0.25, 0.3) is 0 Å². The third-order valence-electron chi connectivity index (χ3n) is 18.3. The summed E-state index contributed by atoms with van der Waals surface area (Å²) in [6, 6.07) is 32.3. The number of unbranched alkanes of at least 4 members (excludes halogenated alkanes) is 15. The summed E-state index contributed by atoms with van der Waals surface area (Å²) < 4.78 is 28.8. The third kappa shape index (κ3) is 11.7. The summed E-state index contributed by atoms with van der Waals surface area (Å²) in [6.45, 7) is 16.6. The molecule has 10 aromatic heterocycles. The molecule has 89 heavy (non-hydrogen) atoms. The number of aryl methyl sites for hydroxylation is 5. The summed E-state index contributed by atoms with van der Waals surface area (Å²) in [7, 11) is 0. The standard InChI is InChI=1S/C75H82N6OS7/c1-7-12-17-22-31-47-41-53-71(83-47)73-55(80(53)37-28-19-14-9-3)43-60(87-73)70-46(6)40-58(85-70)62-66-67(77-65-52-36-27-25-34-50(52)49-33-24-26-35-51(49)64(65)76-66)63(69-68(62)78-89-79-69)59-45-57(82-39-30-21-16-11-5)75(86-59)61-44-56-74(88-61)72-54(81(56)38-29-20-15-10-4)42-48(84-72)32-23-18-13-8-2/h24-27,33-36,40-45H,7-23,28-32,37-39H2,1-6H3. The Kier molecular flexibility index (Phi) is 18.7. The van der Waals surface area contributed by atoms with Gasteiger partial charge in [0, 0.05) is 64.3 Å². The molecule has 14 heteroatoms. The van der Waals surface area contributed by atoms with Crippen molar-refractivity contribution in [2.45, 2.75) is 196 Å². The van der Waals surface area contributed by atoms with Crippen LogP contribution in [-0.2, 0) is 25.9 Å². The number of rotatable bonds is 30. The number of hydrogen-bond acceptors (Lipinski definition) is 12. The van der Waals surface area contributed by atoms with Crippen molar-refractivity contribution in [3.63, 3.8) is 0 Å². The van der Waals surface area contributed by atoms with Crippen LogP contribution in [0.2, 0.25) is 0 Å². The van der Waals surface area contributed by atoms with Gasteiger partial charge < -0.3 is 13.9 Å².